The highest BCUT2D eigenvalue weighted by Crippen LogP contribution is 2.40. The van der Waals surface area contributed by atoms with Gasteiger partial charge in [-0.2, -0.15) is 0 Å². The van der Waals surface area contributed by atoms with Crippen LogP contribution in [0.1, 0.15) is 78.2 Å². The van der Waals surface area contributed by atoms with Gasteiger partial charge >= 0.3 is 0 Å². The number of nitrogens with one attached hydrogen (secondary N) is 1. The lowest BCUT2D eigenvalue weighted by Gasteiger charge is -2.39. The van der Waals surface area contributed by atoms with Crippen LogP contribution < -0.4 is 4.72 Å². The fourth-order valence-corrected chi connectivity index (χ4v) is 5.09. The molecule has 0 heterocycles. The van der Waals surface area contributed by atoms with E-state index in [4.69, 9.17) is 0 Å². The second-order valence-corrected chi connectivity index (χ2v) is 9.97. The molecule has 1 N–H and O–H groups in total. The maximum absolute atomic E-state index is 12.6. The van der Waals surface area contributed by atoms with E-state index >= 15 is 0 Å². The summed E-state index contributed by atoms with van der Waals surface area (Å²) in [5.74, 6) is 0.705. The second-order valence-electron chi connectivity index (χ2n) is 8.26. The fourth-order valence-electron chi connectivity index (χ4n) is 3.79. The topological polar surface area (TPSA) is 46.2 Å². The van der Waals surface area contributed by atoms with E-state index < -0.39 is 10.0 Å². The van der Waals surface area contributed by atoms with E-state index in [0.29, 0.717) is 16.2 Å². The maximum atomic E-state index is 12.6. The maximum Gasteiger partial charge on any atom is 0.240 e. The van der Waals surface area contributed by atoms with E-state index in [2.05, 4.69) is 32.4 Å². The van der Waals surface area contributed by atoms with Gasteiger partial charge in [0.05, 0.1) is 4.90 Å². The Bertz CT molecular complexity index is 626. The molecule has 0 atom stereocenters. The van der Waals surface area contributed by atoms with Crippen molar-refractivity contribution < 1.29 is 8.42 Å². The van der Waals surface area contributed by atoms with Crippen LogP contribution in [0.5, 0.6) is 0 Å². The first-order chi connectivity index (χ1) is 11.8. The third-order valence-corrected chi connectivity index (χ3v) is 7.65. The summed E-state index contributed by atoms with van der Waals surface area (Å²) in [6, 6.07) is 7.47. The van der Waals surface area contributed by atoms with E-state index in [-0.39, 0.29) is 6.04 Å². The van der Waals surface area contributed by atoms with E-state index in [9.17, 15) is 8.42 Å². The van der Waals surface area contributed by atoms with Gasteiger partial charge in [-0.05, 0) is 67.6 Å². The fraction of sp³-hybridized carbons (Fsp3) is 0.714. The van der Waals surface area contributed by atoms with Gasteiger partial charge in [-0.25, -0.2) is 13.1 Å². The molecule has 0 unspecified atom stereocenters. The van der Waals surface area contributed by atoms with Gasteiger partial charge in [0.25, 0.3) is 0 Å². The van der Waals surface area contributed by atoms with Crippen LogP contribution in [0.25, 0.3) is 0 Å². The molecule has 0 aliphatic heterocycles. The van der Waals surface area contributed by atoms with Crippen LogP contribution in [0.3, 0.4) is 0 Å². The van der Waals surface area contributed by atoms with E-state index in [1.165, 1.54) is 12.0 Å². The van der Waals surface area contributed by atoms with Gasteiger partial charge in [-0.1, -0.05) is 52.7 Å². The number of sulfonamides is 1. The van der Waals surface area contributed by atoms with Crippen molar-refractivity contribution in [3.63, 3.8) is 0 Å². The zero-order valence-electron chi connectivity index (χ0n) is 16.3. The van der Waals surface area contributed by atoms with Crippen molar-refractivity contribution in [3.8, 4) is 0 Å². The van der Waals surface area contributed by atoms with E-state index in [1.54, 1.807) is 12.1 Å². The summed E-state index contributed by atoms with van der Waals surface area (Å²) in [5.41, 5.74) is 1.57. The highest BCUT2D eigenvalue weighted by Gasteiger charge is 2.33. The quantitative estimate of drug-likeness (QED) is 0.679. The number of unbranched alkanes of at least 4 members (excludes halogenated alkanes) is 1. The number of benzene rings is 1. The molecule has 0 radical (unpaired) electrons. The summed E-state index contributed by atoms with van der Waals surface area (Å²) < 4.78 is 28.2. The molecule has 0 aromatic heterocycles. The molecule has 0 amide bonds. The molecule has 1 aliphatic rings. The van der Waals surface area contributed by atoms with Crippen molar-refractivity contribution in [3.05, 3.63) is 29.8 Å². The van der Waals surface area contributed by atoms with Crippen LogP contribution in [-0.4, -0.2) is 14.5 Å². The Balaban J connectivity index is 1.93. The average molecular weight is 366 g/mol. The van der Waals surface area contributed by atoms with Crippen LogP contribution in [-0.2, 0) is 16.4 Å². The highest BCUT2D eigenvalue weighted by atomic mass is 32.2. The Labute approximate surface area is 154 Å². The molecule has 142 valence electrons. The summed E-state index contributed by atoms with van der Waals surface area (Å²) in [4.78, 5) is 0.392. The lowest BCUT2D eigenvalue weighted by molar-refractivity contribution is 0.142. The van der Waals surface area contributed by atoms with Gasteiger partial charge in [-0.3, -0.25) is 0 Å². The largest absolute Gasteiger partial charge is 0.240 e. The van der Waals surface area contributed by atoms with Crippen molar-refractivity contribution in [2.75, 3.05) is 0 Å². The number of hydrogen-bond acceptors (Lipinski definition) is 2. The van der Waals surface area contributed by atoms with Crippen molar-refractivity contribution in [2.24, 2.45) is 11.3 Å². The minimum Gasteiger partial charge on any atom is -0.208 e. The van der Waals surface area contributed by atoms with E-state index in [1.807, 2.05) is 12.1 Å². The average Bonchev–Trinajstić information content (AvgIpc) is 2.60. The zero-order valence-corrected chi connectivity index (χ0v) is 17.2. The molecule has 1 aromatic carbocycles. The van der Waals surface area contributed by atoms with Gasteiger partial charge in [0.15, 0.2) is 0 Å². The SMILES string of the molecule is CCCCc1ccc(S(=O)(=O)NC2CCC(C(C)(C)CC)CC2)cc1. The van der Waals surface area contributed by atoms with Crippen molar-refractivity contribution >= 4 is 10.0 Å². The lowest BCUT2D eigenvalue weighted by Crippen LogP contribution is -2.39. The predicted molar refractivity (Wildman–Crippen MR) is 105 cm³/mol. The third kappa shape index (κ3) is 5.55. The Morgan fingerprint density at radius 3 is 2.16 bits per heavy atom. The zero-order chi connectivity index (χ0) is 18.5. The molecule has 1 saturated carbocycles. The van der Waals surface area contributed by atoms with E-state index in [0.717, 1.165) is 44.9 Å². The van der Waals surface area contributed by atoms with Crippen molar-refractivity contribution in [1.82, 2.24) is 4.72 Å². The molecule has 0 saturated heterocycles. The molecular weight excluding hydrogens is 330 g/mol. The Morgan fingerprint density at radius 1 is 1.04 bits per heavy atom. The predicted octanol–water partition coefficient (Wildman–Crippen LogP) is 5.30. The minimum atomic E-state index is -3.41. The number of hydrogen-bond donors (Lipinski definition) is 1. The molecular formula is C21H35NO2S. The van der Waals surface area contributed by atoms with Crippen molar-refractivity contribution in [1.29, 1.82) is 0 Å². The standard InChI is InChI=1S/C21H35NO2S/c1-5-7-8-17-9-15-20(16-10-17)25(23,24)22-19-13-11-18(12-14-19)21(3,4)6-2/h9-10,15-16,18-19,22H,5-8,11-14H2,1-4H3. The molecule has 1 aromatic rings. The number of rotatable bonds is 8. The molecule has 25 heavy (non-hydrogen) atoms. The molecule has 4 heteroatoms. The molecule has 0 bridgehead atoms. The Morgan fingerprint density at radius 2 is 1.64 bits per heavy atom. The normalized spacial score (nSPS) is 22.1. The van der Waals surface area contributed by atoms with Crippen LogP contribution in [0.2, 0.25) is 0 Å². The molecule has 3 nitrogen and oxygen atoms in total. The number of aryl methyl sites for hydroxylation is 1. The summed E-state index contributed by atoms with van der Waals surface area (Å²) in [6.45, 7) is 9.09. The van der Waals surface area contributed by atoms with Crippen LogP contribution in [0, 0.1) is 11.3 Å². The lowest BCUT2D eigenvalue weighted by atomic mass is 9.69. The van der Waals surface area contributed by atoms with Gasteiger partial charge < -0.3 is 0 Å². The second kappa shape index (κ2) is 8.68. The van der Waals surface area contributed by atoms with Gasteiger partial charge in [-0.15, -0.1) is 0 Å². The molecule has 1 aliphatic carbocycles. The Hall–Kier alpha value is -0.870. The summed E-state index contributed by atoms with van der Waals surface area (Å²) in [5, 5.41) is 0. The van der Waals surface area contributed by atoms with Crippen LogP contribution >= 0.6 is 0 Å². The monoisotopic (exact) mass is 365 g/mol. The summed E-state index contributed by atoms with van der Waals surface area (Å²) in [6.07, 6.45) is 8.61. The molecule has 0 spiro atoms. The van der Waals surface area contributed by atoms with Gasteiger partial charge in [0.1, 0.15) is 0 Å². The van der Waals surface area contributed by atoms with Crippen molar-refractivity contribution in [2.45, 2.75) is 90.0 Å². The smallest absolute Gasteiger partial charge is 0.208 e. The minimum absolute atomic E-state index is 0.0775. The first-order valence-electron chi connectivity index (χ1n) is 9.89. The van der Waals surface area contributed by atoms with Gasteiger partial charge in [0.2, 0.25) is 10.0 Å². The summed E-state index contributed by atoms with van der Waals surface area (Å²) >= 11 is 0. The molecule has 2 rings (SSSR count). The first-order valence-corrected chi connectivity index (χ1v) is 11.4. The highest BCUT2D eigenvalue weighted by molar-refractivity contribution is 7.89. The van der Waals surface area contributed by atoms with Crippen LogP contribution in [0.4, 0.5) is 0 Å². The van der Waals surface area contributed by atoms with Crippen LogP contribution in [0.15, 0.2) is 29.2 Å². The molecule has 1 fully saturated rings. The van der Waals surface area contributed by atoms with Gasteiger partial charge in [0, 0.05) is 6.04 Å². The third-order valence-electron chi connectivity index (χ3n) is 6.12. The first kappa shape index (κ1) is 20.4. The summed E-state index contributed by atoms with van der Waals surface area (Å²) in [7, 11) is -3.41. The Kier molecular flexibility index (Phi) is 7.10.